The minimum Gasteiger partial charge on any atom is -0.326 e. The van der Waals surface area contributed by atoms with Gasteiger partial charge in [-0.3, -0.25) is 0 Å². The molecule has 1 aliphatic rings. The van der Waals surface area contributed by atoms with Crippen LogP contribution in [0.4, 0.5) is 0 Å². The molecule has 0 radical (unpaired) electrons. The Balaban J connectivity index is 2.11. The average Bonchev–Trinajstić information content (AvgIpc) is 2.68. The smallest absolute Gasteiger partial charge is 0.0250 e. The first-order valence-electron chi connectivity index (χ1n) is 6.17. The maximum absolute atomic E-state index is 6.25. The molecule has 1 heterocycles. The zero-order valence-corrected chi connectivity index (χ0v) is 10.1. The van der Waals surface area contributed by atoms with Gasteiger partial charge < -0.3 is 10.6 Å². The van der Waals surface area contributed by atoms with Crippen LogP contribution in [0.15, 0.2) is 42.5 Å². The van der Waals surface area contributed by atoms with Crippen LogP contribution in [0, 0.1) is 0 Å². The van der Waals surface area contributed by atoms with E-state index in [0.29, 0.717) is 5.92 Å². The van der Waals surface area contributed by atoms with Crippen LogP contribution in [0.1, 0.15) is 11.5 Å². The molecule has 1 aliphatic heterocycles. The van der Waals surface area contributed by atoms with Gasteiger partial charge >= 0.3 is 0 Å². The number of nitrogens with two attached hydrogens (primary N) is 1. The molecule has 0 unspecified atom stereocenters. The van der Waals surface area contributed by atoms with Crippen LogP contribution in [0.25, 0.3) is 10.8 Å². The summed E-state index contributed by atoms with van der Waals surface area (Å²) in [6.07, 6.45) is 0. The number of hydrogen-bond acceptors (Lipinski definition) is 2. The van der Waals surface area contributed by atoms with E-state index in [1.165, 1.54) is 16.3 Å². The van der Waals surface area contributed by atoms with Gasteiger partial charge in [-0.1, -0.05) is 42.5 Å². The van der Waals surface area contributed by atoms with Gasteiger partial charge in [-0.2, -0.15) is 0 Å². The Morgan fingerprint density at radius 2 is 1.82 bits per heavy atom. The summed E-state index contributed by atoms with van der Waals surface area (Å²) < 4.78 is 0. The van der Waals surface area contributed by atoms with E-state index in [0.717, 1.165) is 13.1 Å². The van der Waals surface area contributed by atoms with Crippen LogP contribution in [-0.2, 0) is 0 Å². The Kier molecular flexibility index (Phi) is 2.61. The summed E-state index contributed by atoms with van der Waals surface area (Å²) in [5.41, 5.74) is 7.65. The molecule has 0 amide bonds. The first-order chi connectivity index (χ1) is 8.25. The lowest BCUT2D eigenvalue weighted by Gasteiger charge is -2.17. The van der Waals surface area contributed by atoms with Crippen LogP contribution >= 0.6 is 0 Å². The van der Waals surface area contributed by atoms with Crippen molar-refractivity contribution in [1.29, 1.82) is 0 Å². The van der Waals surface area contributed by atoms with Gasteiger partial charge in [-0.15, -0.1) is 0 Å². The molecule has 1 saturated heterocycles. The van der Waals surface area contributed by atoms with Gasteiger partial charge in [0.05, 0.1) is 0 Å². The van der Waals surface area contributed by atoms with Crippen molar-refractivity contribution in [3.05, 3.63) is 48.0 Å². The molecule has 0 bridgehead atoms. The molecule has 88 valence electrons. The summed E-state index contributed by atoms with van der Waals surface area (Å²) in [5.74, 6) is 0.464. The topological polar surface area (TPSA) is 29.3 Å². The fourth-order valence-electron chi connectivity index (χ4n) is 2.94. The Morgan fingerprint density at radius 1 is 1.06 bits per heavy atom. The quantitative estimate of drug-likeness (QED) is 0.807. The molecule has 0 aliphatic carbocycles. The normalized spacial score (nSPS) is 25.5. The van der Waals surface area contributed by atoms with Crippen molar-refractivity contribution in [1.82, 2.24) is 4.90 Å². The number of hydrogen-bond donors (Lipinski definition) is 1. The number of likely N-dealkylation sites (N-methyl/N-ethyl adjacent to an activating group) is 1. The SMILES string of the molecule is CN1C[C@H](c2cccc3ccccc23)[C@@H](N)C1. The van der Waals surface area contributed by atoms with Crippen LogP contribution in [-0.4, -0.2) is 31.1 Å². The minimum atomic E-state index is 0.255. The standard InChI is InChI=1S/C15H18N2/c1-17-9-14(15(16)10-17)13-8-4-6-11-5-2-3-7-12(11)13/h2-8,14-15H,9-10,16H2,1H3/t14-,15+/m1/s1. The van der Waals surface area contributed by atoms with Crippen molar-refractivity contribution < 1.29 is 0 Å². The van der Waals surface area contributed by atoms with E-state index in [1.807, 2.05) is 0 Å². The molecule has 2 heteroatoms. The zero-order chi connectivity index (χ0) is 11.8. The maximum atomic E-state index is 6.25. The molecule has 3 rings (SSSR count). The largest absolute Gasteiger partial charge is 0.326 e. The molecule has 2 nitrogen and oxygen atoms in total. The van der Waals surface area contributed by atoms with E-state index < -0.39 is 0 Å². The fourth-order valence-corrected chi connectivity index (χ4v) is 2.94. The number of fused-ring (bicyclic) bond motifs is 1. The van der Waals surface area contributed by atoms with Gasteiger partial charge in [-0.05, 0) is 23.4 Å². The van der Waals surface area contributed by atoms with E-state index in [2.05, 4.69) is 54.4 Å². The summed E-state index contributed by atoms with van der Waals surface area (Å²) in [7, 11) is 2.14. The predicted octanol–water partition coefficient (Wildman–Crippen LogP) is 2.20. The van der Waals surface area contributed by atoms with Crippen molar-refractivity contribution >= 4 is 10.8 Å². The molecule has 1 fully saturated rings. The minimum absolute atomic E-state index is 0.255. The van der Waals surface area contributed by atoms with Crippen molar-refractivity contribution in [2.24, 2.45) is 5.73 Å². The van der Waals surface area contributed by atoms with Gasteiger partial charge in [0.25, 0.3) is 0 Å². The molecule has 2 atom stereocenters. The monoisotopic (exact) mass is 226 g/mol. The Labute approximate surface area is 102 Å². The van der Waals surface area contributed by atoms with Crippen LogP contribution in [0.2, 0.25) is 0 Å². The molecular weight excluding hydrogens is 208 g/mol. The van der Waals surface area contributed by atoms with Crippen LogP contribution in [0.3, 0.4) is 0 Å². The third-order valence-corrected chi connectivity index (χ3v) is 3.77. The predicted molar refractivity (Wildman–Crippen MR) is 72.2 cm³/mol. The highest BCUT2D eigenvalue weighted by atomic mass is 15.1. The van der Waals surface area contributed by atoms with E-state index in [-0.39, 0.29) is 6.04 Å². The first kappa shape index (κ1) is 10.8. The van der Waals surface area contributed by atoms with E-state index in [9.17, 15) is 0 Å². The Bertz CT molecular complexity index is 530. The van der Waals surface area contributed by atoms with Crippen molar-refractivity contribution in [2.75, 3.05) is 20.1 Å². The second kappa shape index (κ2) is 4.13. The summed E-state index contributed by atoms with van der Waals surface area (Å²) in [4.78, 5) is 2.32. The van der Waals surface area contributed by atoms with Gasteiger partial charge in [0.1, 0.15) is 0 Å². The van der Waals surface area contributed by atoms with Crippen molar-refractivity contribution in [3.63, 3.8) is 0 Å². The molecule has 0 aromatic heterocycles. The van der Waals surface area contributed by atoms with Crippen LogP contribution < -0.4 is 5.73 Å². The summed E-state index contributed by atoms with van der Waals surface area (Å²) in [6, 6.07) is 15.4. The highest BCUT2D eigenvalue weighted by Gasteiger charge is 2.29. The van der Waals surface area contributed by atoms with Gasteiger partial charge in [0.15, 0.2) is 0 Å². The van der Waals surface area contributed by atoms with E-state index in [4.69, 9.17) is 5.73 Å². The second-order valence-electron chi connectivity index (χ2n) is 5.06. The number of benzene rings is 2. The lowest BCUT2D eigenvalue weighted by atomic mass is 9.90. The lowest BCUT2D eigenvalue weighted by Crippen LogP contribution is -2.27. The molecular formula is C15H18N2. The number of nitrogens with zero attached hydrogens (tertiary/aromatic N) is 1. The summed E-state index contributed by atoms with van der Waals surface area (Å²) in [5, 5.41) is 2.66. The molecule has 17 heavy (non-hydrogen) atoms. The van der Waals surface area contributed by atoms with Crippen LogP contribution in [0.5, 0.6) is 0 Å². The van der Waals surface area contributed by atoms with Gasteiger partial charge in [-0.25, -0.2) is 0 Å². The van der Waals surface area contributed by atoms with Crippen molar-refractivity contribution in [2.45, 2.75) is 12.0 Å². The molecule has 2 aromatic carbocycles. The third-order valence-electron chi connectivity index (χ3n) is 3.77. The second-order valence-corrected chi connectivity index (χ2v) is 5.06. The molecule has 0 saturated carbocycles. The van der Waals surface area contributed by atoms with Gasteiger partial charge in [0, 0.05) is 25.0 Å². The first-order valence-corrected chi connectivity index (χ1v) is 6.17. The van der Waals surface area contributed by atoms with Gasteiger partial charge in [0.2, 0.25) is 0 Å². The Hall–Kier alpha value is -1.38. The fraction of sp³-hybridized carbons (Fsp3) is 0.333. The highest BCUT2D eigenvalue weighted by Crippen LogP contribution is 2.31. The van der Waals surface area contributed by atoms with Crippen molar-refractivity contribution in [3.8, 4) is 0 Å². The average molecular weight is 226 g/mol. The lowest BCUT2D eigenvalue weighted by molar-refractivity contribution is 0.408. The summed E-state index contributed by atoms with van der Waals surface area (Å²) >= 11 is 0. The third kappa shape index (κ3) is 1.84. The Morgan fingerprint density at radius 3 is 2.59 bits per heavy atom. The zero-order valence-electron chi connectivity index (χ0n) is 10.1. The summed E-state index contributed by atoms with van der Waals surface area (Å²) in [6.45, 7) is 2.06. The van der Waals surface area contributed by atoms with E-state index in [1.54, 1.807) is 0 Å². The molecule has 2 aromatic rings. The number of likely N-dealkylation sites (tertiary alicyclic amines) is 1. The van der Waals surface area contributed by atoms with E-state index >= 15 is 0 Å². The highest BCUT2D eigenvalue weighted by molar-refractivity contribution is 5.86. The maximum Gasteiger partial charge on any atom is 0.0250 e. The molecule has 2 N–H and O–H groups in total. The number of rotatable bonds is 1. The molecule has 0 spiro atoms.